The molecule has 0 saturated heterocycles. The van der Waals surface area contributed by atoms with Crippen molar-refractivity contribution in [1.82, 2.24) is 10.6 Å². The number of amides is 3. The third kappa shape index (κ3) is 8.47. The quantitative estimate of drug-likeness (QED) is 0.417. The van der Waals surface area contributed by atoms with Crippen LogP contribution in [-0.4, -0.2) is 30.6 Å². The van der Waals surface area contributed by atoms with Crippen LogP contribution in [0.1, 0.15) is 60.8 Å². The monoisotopic (exact) mass is 523 g/mol. The van der Waals surface area contributed by atoms with Crippen molar-refractivity contribution >= 4 is 17.9 Å². The molecule has 0 spiro atoms. The van der Waals surface area contributed by atoms with Gasteiger partial charge >= 0.3 is 12.3 Å². The predicted molar refractivity (Wildman–Crippen MR) is 126 cm³/mol. The lowest BCUT2D eigenvalue weighted by molar-refractivity contribution is -0.133. The Bertz CT molecular complexity index is 1070. The van der Waals surface area contributed by atoms with E-state index in [4.69, 9.17) is 10.5 Å². The second kappa shape index (κ2) is 12.6. The first-order chi connectivity index (χ1) is 17.5. The maximum Gasteiger partial charge on any atom is 0.407 e. The van der Waals surface area contributed by atoms with Crippen molar-refractivity contribution in [2.75, 3.05) is 6.54 Å². The molecule has 2 aromatic carbocycles. The van der Waals surface area contributed by atoms with Crippen LogP contribution in [-0.2, 0) is 20.9 Å². The van der Waals surface area contributed by atoms with Gasteiger partial charge in [0.25, 0.3) is 0 Å². The molecule has 0 radical (unpaired) electrons. The lowest BCUT2D eigenvalue weighted by Gasteiger charge is -2.32. The molecule has 0 aromatic heterocycles. The van der Waals surface area contributed by atoms with Crippen LogP contribution in [0.15, 0.2) is 48.5 Å². The van der Waals surface area contributed by atoms with Gasteiger partial charge in [0, 0.05) is 12.5 Å². The van der Waals surface area contributed by atoms with Crippen LogP contribution in [0.5, 0.6) is 0 Å². The largest absolute Gasteiger partial charge is 0.445 e. The molecule has 0 bridgehead atoms. The van der Waals surface area contributed by atoms with E-state index in [0.29, 0.717) is 17.5 Å². The predicted octanol–water partition coefficient (Wildman–Crippen LogP) is 4.62. The summed E-state index contributed by atoms with van der Waals surface area (Å²) < 4.78 is 54.7. The van der Waals surface area contributed by atoms with E-state index in [1.165, 1.54) is 24.3 Å². The van der Waals surface area contributed by atoms with E-state index in [1.54, 1.807) is 12.1 Å². The molecule has 11 heteroatoms. The van der Waals surface area contributed by atoms with Crippen molar-refractivity contribution in [2.45, 2.75) is 56.8 Å². The minimum absolute atomic E-state index is 0.115. The lowest BCUT2D eigenvalue weighted by Crippen LogP contribution is -2.42. The normalized spacial score (nSPS) is 18.5. The third-order valence-corrected chi connectivity index (χ3v) is 6.33. The van der Waals surface area contributed by atoms with Gasteiger partial charge in [-0.15, -0.1) is 0 Å². The molecule has 1 fully saturated rings. The molecular weight excluding hydrogens is 494 g/mol. The maximum atomic E-state index is 13.3. The van der Waals surface area contributed by atoms with E-state index in [0.717, 1.165) is 24.8 Å². The number of halogens is 4. The van der Waals surface area contributed by atoms with E-state index in [2.05, 4.69) is 10.6 Å². The van der Waals surface area contributed by atoms with Crippen molar-refractivity contribution in [3.8, 4) is 0 Å². The summed E-state index contributed by atoms with van der Waals surface area (Å²) in [5.74, 6) is -2.06. The number of ether oxygens (including phenoxy) is 1. The topological polar surface area (TPSA) is 111 Å². The first-order valence-corrected chi connectivity index (χ1v) is 11.9. The Morgan fingerprint density at radius 2 is 1.65 bits per heavy atom. The summed E-state index contributed by atoms with van der Waals surface area (Å²) in [6.45, 7) is -0.686. The molecule has 3 atom stereocenters. The fourth-order valence-corrected chi connectivity index (χ4v) is 4.43. The second-order valence-electron chi connectivity index (χ2n) is 9.00. The van der Waals surface area contributed by atoms with Crippen LogP contribution >= 0.6 is 0 Å². The van der Waals surface area contributed by atoms with Gasteiger partial charge in [-0.3, -0.25) is 9.59 Å². The maximum absolute atomic E-state index is 13.3. The van der Waals surface area contributed by atoms with Gasteiger partial charge in [-0.05, 0) is 47.6 Å². The summed E-state index contributed by atoms with van der Waals surface area (Å²) in [7, 11) is 0. The zero-order chi connectivity index (χ0) is 27.0. The summed E-state index contributed by atoms with van der Waals surface area (Å²) in [5, 5.41) is 4.77. The van der Waals surface area contributed by atoms with Gasteiger partial charge in [0.15, 0.2) is 0 Å². The van der Waals surface area contributed by atoms with Gasteiger partial charge < -0.3 is 21.1 Å². The summed E-state index contributed by atoms with van der Waals surface area (Å²) in [6, 6.07) is 11.2. The van der Waals surface area contributed by atoms with Crippen LogP contribution in [0.3, 0.4) is 0 Å². The zero-order valence-electron chi connectivity index (χ0n) is 20.0. The first kappa shape index (κ1) is 27.9. The molecule has 3 amide bonds. The highest BCUT2D eigenvalue weighted by atomic mass is 19.4. The Morgan fingerprint density at radius 3 is 2.27 bits per heavy atom. The Hall–Kier alpha value is -3.63. The van der Waals surface area contributed by atoms with Gasteiger partial charge in [-0.2, -0.15) is 13.2 Å². The number of primary amides is 1. The number of benzene rings is 2. The number of nitrogens with one attached hydrogen (secondary N) is 2. The third-order valence-electron chi connectivity index (χ3n) is 6.33. The van der Waals surface area contributed by atoms with Crippen molar-refractivity contribution in [3.63, 3.8) is 0 Å². The number of hydrogen-bond donors (Lipinski definition) is 3. The molecule has 37 heavy (non-hydrogen) atoms. The standard InChI is InChI=1S/C26H29F4N3O4/c27-19-11-9-18(10-12-19)22(23(31)34)33-24(35)21-4-2-1-3-20(21)17-7-5-16(6-8-17)15-37-25(36)32-14-13-26(28,29)30/h5-12,20-22H,1-4,13-15H2,(H2,31,34)(H,32,36)(H,33,35)/t20-,21+,22-/m0/s1. The van der Waals surface area contributed by atoms with Crippen molar-refractivity contribution < 1.29 is 36.7 Å². The number of alkyl carbamates (subject to hydrolysis) is 1. The molecule has 0 unspecified atom stereocenters. The molecule has 2 aromatic rings. The van der Waals surface area contributed by atoms with Gasteiger partial charge in [0.2, 0.25) is 11.8 Å². The zero-order valence-corrected chi connectivity index (χ0v) is 20.0. The number of carbonyl (C=O) groups excluding carboxylic acids is 3. The molecule has 1 saturated carbocycles. The summed E-state index contributed by atoms with van der Waals surface area (Å²) in [5.41, 5.74) is 7.43. The number of nitrogens with two attached hydrogens (primary N) is 1. The summed E-state index contributed by atoms with van der Waals surface area (Å²) >= 11 is 0. The number of carbonyl (C=O) groups is 3. The highest BCUT2D eigenvalue weighted by molar-refractivity contribution is 5.89. The highest BCUT2D eigenvalue weighted by Crippen LogP contribution is 2.38. The molecule has 0 aliphatic heterocycles. The minimum Gasteiger partial charge on any atom is -0.445 e. The molecule has 200 valence electrons. The van der Waals surface area contributed by atoms with Crippen molar-refractivity contribution in [2.24, 2.45) is 11.7 Å². The van der Waals surface area contributed by atoms with Gasteiger partial charge in [0.05, 0.1) is 6.42 Å². The number of hydrogen-bond acceptors (Lipinski definition) is 4. The minimum atomic E-state index is -4.36. The van der Waals surface area contributed by atoms with E-state index in [-0.39, 0.29) is 18.4 Å². The fraction of sp³-hybridized carbons (Fsp3) is 0.423. The SMILES string of the molecule is NC(=O)[C@@H](NC(=O)[C@@H]1CCCC[C@H]1c1ccc(COC(=O)NCCC(F)(F)F)cc1)c1ccc(F)cc1. The smallest absolute Gasteiger partial charge is 0.407 e. The average molecular weight is 524 g/mol. The molecule has 3 rings (SSSR count). The van der Waals surface area contributed by atoms with E-state index < -0.39 is 48.9 Å². The summed E-state index contributed by atoms with van der Waals surface area (Å²) in [6.07, 6.45) is -3.30. The molecule has 4 N–H and O–H groups in total. The Morgan fingerprint density at radius 1 is 1.00 bits per heavy atom. The fourth-order valence-electron chi connectivity index (χ4n) is 4.43. The average Bonchev–Trinajstić information content (AvgIpc) is 2.86. The first-order valence-electron chi connectivity index (χ1n) is 11.9. The van der Waals surface area contributed by atoms with Crippen LogP contribution in [0.25, 0.3) is 0 Å². The molecule has 7 nitrogen and oxygen atoms in total. The van der Waals surface area contributed by atoms with Gasteiger partial charge in [-0.25, -0.2) is 9.18 Å². The van der Waals surface area contributed by atoms with Gasteiger partial charge in [0.1, 0.15) is 18.5 Å². The lowest BCUT2D eigenvalue weighted by atomic mass is 9.74. The van der Waals surface area contributed by atoms with E-state index >= 15 is 0 Å². The molecule has 0 heterocycles. The Labute approximate surface area is 211 Å². The van der Waals surface area contributed by atoms with Crippen molar-refractivity contribution in [3.05, 3.63) is 71.0 Å². The van der Waals surface area contributed by atoms with Crippen LogP contribution in [0.2, 0.25) is 0 Å². The molecular formula is C26H29F4N3O4. The Balaban J connectivity index is 1.60. The second-order valence-corrected chi connectivity index (χ2v) is 9.00. The van der Waals surface area contributed by atoms with Gasteiger partial charge in [-0.1, -0.05) is 49.2 Å². The van der Waals surface area contributed by atoms with E-state index in [1.807, 2.05) is 12.1 Å². The summed E-state index contributed by atoms with van der Waals surface area (Å²) in [4.78, 5) is 36.8. The number of alkyl halides is 3. The number of rotatable bonds is 9. The van der Waals surface area contributed by atoms with E-state index in [9.17, 15) is 31.9 Å². The Kier molecular flexibility index (Phi) is 9.48. The van der Waals surface area contributed by atoms with Crippen LogP contribution in [0.4, 0.5) is 22.4 Å². The van der Waals surface area contributed by atoms with Crippen LogP contribution in [0, 0.1) is 11.7 Å². The van der Waals surface area contributed by atoms with Crippen LogP contribution < -0.4 is 16.4 Å². The molecule has 1 aliphatic carbocycles. The highest BCUT2D eigenvalue weighted by Gasteiger charge is 2.34. The van der Waals surface area contributed by atoms with Crippen molar-refractivity contribution in [1.29, 1.82) is 0 Å². The molecule has 1 aliphatic rings.